The number of carbonyl (C=O) groups is 1. The second-order valence-electron chi connectivity index (χ2n) is 4.07. The highest BCUT2D eigenvalue weighted by atomic mass is 79.9. The maximum Gasteiger partial charge on any atom is 0.350 e. The zero-order valence-electron chi connectivity index (χ0n) is 11.7. The van der Waals surface area contributed by atoms with Crippen LogP contribution in [0.5, 0.6) is 0 Å². The Labute approximate surface area is 140 Å². The van der Waals surface area contributed by atoms with Crippen LogP contribution in [0.1, 0.15) is 6.92 Å². The standard InChI is InChI=1S/C15H12BrN3O2S/c1-2-21-14(20)11(7-17)8-18-15-19-9-13(22-15)10-3-5-12(16)6-4-10/h3-6,8-9H,2H2,1H3,(H,18,19)/b11-8-. The normalized spacial score (nSPS) is 10.9. The summed E-state index contributed by atoms with van der Waals surface area (Å²) >= 11 is 4.82. The molecule has 1 aromatic heterocycles. The Hall–Kier alpha value is -2.17. The van der Waals surface area contributed by atoms with Crippen LogP contribution in [0.2, 0.25) is 0 Å². The van der Waals surface area contributed by atoms with Crippen molar-refractivity contribution in [1.82, 2.24) is 4.98 Å². The fraction of sp³-hybridized carbons (Fsp3) is 0.133. The minimum Gasteiger partial charge on any atom is -0.462 e. The third-order valence-electron chi connectivity index (χ3n) is 2.59. The number of nitriles is 1. The first-order chi connectivity index (χ1) is 10.6. The highest BCUT2D eigenvalue weighted by molar-refractivity contribution is 9.10. The Kier molecular flexibility index (Phi) is 5.69. The monoisotopic (exact) mass is 377 g/mol. The van der Waals surface area contributed by atoms with Crippen molar-refractivity contribution in [1.29, 1.82) is 5.26 Å². The van der Waals surface area contributed by atoms with Gasteiger partial charge < -0.3 is 10.1 Å². The minimum absolute atomic E-state index is 0.0951. The summed E-state index contributed by atoms with van der Waals surface area (Å²) in [4.78, 5) is 16.7. The van der Waals surface area contributed by atoms with E-state index in [1.54, 1.807) is 19.2 Å². The predicted octanol–water partition coefficient (Wildman–Crippen LogP) is 3.96. The van der Waals surface area contributed by atoms with Gasteiger partial charge in [0, 0.05) is 16.9 Å². The summed E-state index contributed by atoms with van der Waals surface area (Å²) in [6.45, 7) is 1.91. The first-order valence-corrected chi connectivity index (χ1v) is 8.00. The summed E-state index contributed by atoms with van der Waals surface area (Å²) in [5.74, 6) is -0.651. The molecule has 1 N–H and O–H groups in total. The van der Waals surface area contributed by atoms with Crippen LogP contribution < -0.4 is 5.32 Å². The van der Waals surface area contributed by atoms with Crippen LogP contribution in [0.25, 0.3) is 10.4 Å². The molecule has 22 heavy (non-hydrogen) atoms. The van der Waals surface area contributed by atoms with Gasteiger partial charge in [0.1, 0.15) is 6.07 Å². The largest absolute Gasteiger partial charge is 0.462 e. The number of nitrogens with zero attached hydrogens (tertiary/aromatic N) is 2. The number of thiazole rings is 1. The van der Waals surface area contributed by atoms with Gasteiger partial charge in [0.15, 0.2) is 10.7 Å². The molecule has 0 saturated heterocycles. The van der Waals surface area contributed by atoms with Crippen molar-refractivity contribution < 1.29 is 9.53 Å². The number of hydrogen-bond donors (Lipinski definition) is 1. The van der Waals surface area contributed by atoms with Gasteiger partial charge in [-0.25, -0.2) is 9.78 Å². The smallest absolute Gasteiger partial charge is 0.350 e. The SMILES string of the molecule is CCOC(=O)/C(C#N)=C\Nc1ncc(-c2ccc(Br)cc2)s1. The van der Waals surface area contributed by atoms with Crippen LogP contribution in [-0.4, -0.2) is 17.6 Å². The Bertz CT molecular complexity index is 732. The van der Waals surface area contributed by atoms with Crippen LogP contribution >= 0.6 is 27.3 Å². The maximum atomic E-state index is 11.5. The average molecular weight is 378 g/mol. The molecule has 0 saturated carbocycles. The van der Waals surface area contributed by atoms with Gasteiger partial charge >= 0.3 is 5.97 Å². The number of esters is 1. The van der Waals surface area contributed by atoms with E-state index in [1.807, 2.05) is 24.3 Å². The van der Waals surface area contributed by atoms with Gasteiger partial charge in [0.05, 0.1) is 11.5 Å². The Balaban J connectivity index is 2.10. The number of carbonyl (C=O) groups excluding carboxylic acids is 1. The molecule has 1 aromatic carbocycles. The molecule has 0 aliphatic carbocycles. The Morgan fingerprint density at radius 3 is 2.86 bits per heavy atom. The quantitative estimate of drug-likeness (QED) is 0.484. The second kappa shape index (κ2) is 7.73. The second-order valence-corrected chi connectivity index (χ2v) is 6.02. The lowest BCUT2D eigenvalue weighted by molar-refractivity contribution is -0.138. The van der Waals surface area contributed by atoms with E-state index < -0.39 is 5.97 Å². The minimum atomic E-state index is -0.651. The highest BCUT2D eigenvalue weighted by Gasteiger charge is 2.10. The van der Waals surface area contributed by atoms with Crippen molar-refractivity contribution in [3.8, 4) is 16.5 Å². The van der Waals surface area contributed by atoms with Crippen molar-refractivity contribution in [2.75, 3.05) is 11.9 Å². The first kappa shape index (κ1) is 16.2. The molecule has 0 unspecified atom stereocenters. The van der Waals surface area contributed by atoms with E-state index in [-0.39, 0.29) is 12.2 Å². The molecule has 2 aromatic rings. The van der Waals surface area contributed by atoms with Crippen LogP contribution in [-0.2, 0) is 9.53 Å². The third-order valence-corrected chi connectivity index (χ3v) is 4.10. The number of benzene rings is 1. The highest BCUT2D eigenvalue weighted by Crippen LogP contribution is 2.29. The van der Waals surface area contributed by atoms with Crippen LogP contribution in [0, 0.1) is 11.3 Å². The van der Waals surface area contributed by atoms with Crippen molar-refractivity contribution in [3.05, 3.63) is 46.7 Å². The van der Waals surface area contributed by atoms with Crippen molar-refractivity contribution in [3.63, 3.8) is 0 Å². The summed E-state index contributed by atoms with van der Waals surface area (Å²) in [6.07, 6.45) is 3.04. The number of aromatic nitrogens is 1. The molecule has 0 aliphatic rings. The summed E-state index contributed by atoms with van der Waals surface area (Å²) < 4.78 is 5.79. The van der Waals surface area contributed by atoms with E-state index >= 15 is 0 Å². The fourth-order valence-corrected chi connectivity index (χ4v) is 2.62. The Morgan fingerprint density at radius 1 is 1.50 bits per heavy atom. The van der Waals surface area contributed by atoms with E-state index in [1.165, 1.54) is 17.5 Å². The van der Waals surface area contributed by atoms with Gasteiger partial charge in [-0.05, 0) is 24.6 Å². The predicted molar refractivity (Wildman–Crippen MR) is 89.2 cm³/mol. The molecule has 112 valence electrons. The molecule has 0 bridgehead atoms. The number of ether oxygens (including phenoxy) is 1. The van der Waals surface area contributed by atoms with Gasteiger partial charge in [0.2, 0.25) is 0 Å². The van der Waals surface area contributed by atoms with Gasteiger partial charge in [-0.1, -0.05) is 39.4 Å². The zero-order valence-corrected chi connectivity index (χ0v) is 14.1. The van der Waals surface area contributed by atoms with Crippen LogP contribution in [0.3, 0.4) is 0 Å². The molecular formula is C15H12BrN3O2S. The Morgan fingerprint density at radius 2 is 2.23 bits per heavy atom. The van der Waals surface area contributed by atoms with E-state index in [0.29, 0.717) is 5.13 Å². The molecule has 5 nitrogen and oxygen atoms in total. The van der Waals surface area contributed by atoms with Crippen LogP contribution in [0.4, 0.5) is 5.13 Å². The van der Waals surface area contributed by atoms with E-state index in [2.05, 4.69) is 26.2 Å². The lowest BCUT2D eigenvalue weighted by Gasteiger charge is -1.99. The number of nitrogens with one attached hydrogen (secondary N) is 1. The van der Waals surface area contributed by atoms with Gasteiger partial charge in [-0.15, -0.1) is 0 Å². The molecule has 0 amide bonds. The van der Waals surface area contributed by atoms with E-state index in [0.717, 1.165) is 14.9 Å². The molecule has 0 spiro atoms. The van der Waals surface area contributed by atoms with Gasteiger partial charge in [0.25, 0.3) is 0 Å². The van der Waals surface area contributed by atoms with Crippen molar-refractivity contribution >= 4 is 38.4 Å². The van der Waals surface area contributed by atoms with Crippen molar-refractivity contribution in [2.45, 2.75) is 6.92 Å². The van der Waals surface area contributed by atoms with E-state index in [9.17, 15) is 4.79 Å². The zero-order chi connectivity index (χ0) is 15.9. The number of anilines is 1. The molecular weight excluding hydrogens is 366 g/mol. The molecule has 2 rings (SSSR count). The summed E-state index contributed by atoms with van der Waals surface area (Å²) in [7, 11) is 0. The summed E-state index contributed by atoms with van der Waals surface area (Å²) in [5.41, 5.74) is 0.950. The number of halogens is 1. The lowest BCUT2D eigenvalue weighted by Crippen LogP contribution is -2.07. The number of rotatable bonds is 5. The van der Waals surface area contributed by atoms with Crippen LogP contribution in [0.15, 0.2) is 46.7 Å². The average Bonchev–Trinajstić information content (AvgIpc) is 2.98. The summed E-state index contributed by atoms with van der Waals surface area (Å²) in [5, 5.41) is 12.4. The summed E-state index contributed by atoms with van der Waals surface area (Å²) in [6, 6.07) is 9.67. The molecule has 7 heteroatoms. The molecule has 0 fully saturated rings. The van der Waals surface area contributed by atoms with Crippen molar-refractivity contribution in [2.24, 2.45) is 0 Å². The van der Waals surface area contributed by atoms with Gasteiger partial charge in [-0.2, -0.15) is 5.26 Å². The lowest BCUT2D eigenvalue weighted by atomic mass is 10.2. The third kappa shape index (κ3) is 4.16. The molecule has 0 atom stereocenters. The van der Waals surface area contributed by atoms with Gasteiger partial charge in [-0.3, -0.25) is 0 Å². The molecule has 1 heterocycles. The number of hydrogen-bond acceptors (Lipinski definition) is 6. The maximum absolute atomic E-state index is 11.5. The fourth-order valence-electron chi connectivity index (χ4n) is 1.57. The first-order valence-electron chi connectivity index (χ1n) is 6.39. The topological polar surface area (TPSA) is 75.0 Å². The molecule has 0 radical (unpaired) electrons. The molecule has 0 aliphatic heterocycles. The van der Waals surface area contributed by atoms with E-state index in [4.69, 9.17) is 10.00 Å².